The molecule has 55 heavy (non-hydrogen) atoms. The van der Waals surface area contributed by atoms with Gasteiger partial charge >= 0.3 is 0 Å². The Bertz CT molecular complexity index is 2770. The molecule has 0 radical (unpaired) electrons. The number of pyridine rings is 2. The number of aromatic amines is 1. The fourth-order valence-electron chi connectivity index (χ4n) is 6.74. The number of rotatable bonds is 7. The van der Waals surface area contributed by atoms with Crippen LogP contribution in [0.4, 0.5) is 22.7 Å². The van der Waals surface area contributed by atoms with Gasteiger partial charge in [0.1, 0.15) is 10.9 Å². The van der Waals surface area contributed by atoms with Crippen LogP contribution in [-0.4, -0.2) is 30.6 Å². The summed E-state index contributed by atoms with van der Waals surface area (Å²) >= 11 is 3.07. The molecule has 5 aromatic heterocycles. The lowest BCUT2D eigenvalue weighted by molar-refractivity contribution is 0.881. The van der Waals surface area contributed by atoms with Gasteiger partial charge in [-0.25, -0.2) is 0 Å². The Morgan fingerprint density at radius 1 is 0.582 bits per heavy atom. The number of thiophene rings is 2. The van der Waals surface area contributed by atoms with Crippen LogP contribution in [0.3, 0.4) is 0 Å². The molecule has 0 saturated carbocycles. The fourth-order valence-corrected chi connectivity index (χ4v) is 8.57. The summed E-state index contributed by atoms with van der Waals surface area (Å²) in [5.74, 6) is 0.594. The SMILES string of the molecule is Cc1cc(-c2ccccc2)cc(C)c1Nc1cncc2sc(-c3nn[nH]n3)cc12.Cc1cc(-c2ccccc2)cc(C)c1Nc1cncc2sc(C#N)cc12. The number of benzene rings is 4. The van der Waals surface area contributed by atoms with Crippen molar-refractivity contribution in [2.75, 3.05) is 10.6 Å². The number of nitrogens with one attached hydrogen (secondary N) is 3. The highest BCUT2D eigenvalue weighted by molar-refractivity contribution is 7.22. The number of hydrogen-bond donors (Lipinski definition) is 3. The molecule has 4 aromatic carbocycles. The minimum absolute atomic E-state index is 0.594. The molecule has 0 aliphatic carbocycles. The lowest BCUT2D eigenvalue weighted by Crippen LogP contribution is -1.98. The van der Waals surface area contributed by atoms with Crippen LogP contribution in [0.2, 0.25) is 0 Å². The second kappa shape index (κ2) is 15.3. The minimum Gasteiger partial charge on any atom is -0.353 e. The Morgan fingerprint density at radius 3 is 1.55 bits per heavy atom. The summed E-state index contributed by atoms with van der Waals surface area (Å²) in [7, 11) is 0. The van der Waals surface area contributed by atoms with Gasteiger partial charge in [-0.3, -0.25) is 9.97 Å². The highest BCUT2D eigenvalue weighted by Crippen LogP contribution is 2.38. The van der Waals surface area contributed by atoms with E-state index in [-0.39, 0.29) is 0 Å². The topological polar surface area (TPSA) is 128 Å². The van der Waals surface area contributed by atoms with Crippen LogP contribution in [0.25, 0.3) is 53.1 Å². The van der Waals surface area contributed by atoms with E-state index in [1.54, 1.807) is 11.3 Å². The summed E-state index contributed by atoms with van der Waals surface area (Å²) in [4.78, 5) is 10.4. The van der Waals surface area contributed by atoms with Crippen molar-refractivity contribution in [3.05, 3.63) is 149 Å². The molecule has 0 saturated heterocycles. The molecule has 0 fully saturated rings. The second-order valence-electron chi connectivity index (χ2n) is 13.2. The molecule has 5 heterocycles. The molecule has 0 aliphatic rings. The Labute approximate surface area is 326 Å². The first-order valence-corrected chi connectivity index (χ1v) is 19.2. The number of tetrazole rings is 1. The summed E-state index contributed by atoms with van der Waals surface area (Å²) in [5.41, 5.74) is 13.7. The van der Waals surface area contributed by atoms with E-state index >= 15 is 0 Å². The summed E-state index contributed by atoms with van der Waals surface area (Å²) in [6.45, 7) is 8.49. The quantitative estimate of drug-likeness (QED) is 0.147. The first kappa shape index (κ1) is 35.3. The van der Waals surface area contributed by atoms with Crippen molar-refractivity contribution in [1.82, 2.24) is 30.6 Å². The highest BCUT2D eigenvalue weighted by Gasteiger charge is 2.15. The summed E-state index contributed by atoms with van der Waals surface area (Å²) in [6, 6.07) is 35.9. The number of aromatic nitrogens is 6. The average molecular weight is 754 g/mol. The van der Waals surface area contributed by atoms with Gasteiger partial charge in [-0.1, -0.05) is 60.7 Å². The molecule has 0 amide bonds. The van der Waals surface area contributed by atoms with Crippen LogP contribution in [-0.2, 0) is 0 Å². The van der Waals surface area contributed by atoms with E-state index in [0.717, 1.165) is 47.8 Å². The van der Waals surface area contributed by atoms with E-state index in [2.05, 4.69) is 154 Å². The van der Waals surface area contributed by atoms with E-state index in [4.69, 9.17) is 5.26 Å². The van der Waals surface area contributed by atoms with Gasteiger partial charge < -0.3 is 10.6 Å². The van der Waals surface area contributed by atoms with E-state index < -0.39 is 0 Å². The number of H-pyrrole nitrogens is 1. The van der Waals surface area contributed by atoms with E-state index in [0.29, 0.717) is 10.7 Å². The monoisotopic (exact) mass is 753 g/mol. The second-order valence-corrected chi connectivity index (χ2v) is 15.4. The van der Waals surface area contributed by atoms with Crippen LogP contribution in [0, 0.1) is 39.0 Å². The molecular weight excluding hydrogens is 719 g/mol. The van der Waals surface area contributed by atoms with Crippen LogP contribution >= 0.6 is 22.7 Å². The Hall–Kier alpha value is -6.74. The normalized spacial score (nSPS) is 10.9. The van der Waals surface area contributed by atoms with Gasteiger partial charge in [0.05, 0.1) is 38.0 Å². The van der Waals surface area contributed by atoms with Gasteiger partial charge in [-0.2, -0.15) is 10.5 Å². The smallest absolute Gasteiger partial charge is 0.214 e. The van der Waals surface area contributed by atoms with Crippen molar-refractivity contribution >= 4 is 65.6 Å². The lowest BCUT2D eigenvalue weighted by Gasteiger charge is -2.15. The first-order chi connectivity index (χ1) is 26.8. The van der Waals surface area contributed by atoms with Crippen molar-refractivity contribution in [2.45, 2.75) is 27.7 Å². The zero-order valence-electron chi connectivity index (χ0n) is 30.5. The van der Waals surface area contributed by atoms with Crippen molar-refractivity contribution in [1.29, 1.82) is 5.26 Å². The zero-order valence-corrected chi connectivity index (χ0v) is 32.2. The molecule has 11 heteroatoms. The molecule has 9 rings (SSSR count). The van der Waals surface area contributed by atoms with Gasteiger partial charge in [0, 0.05) is 34.5 Å². The Morgan fingerprint density at radius 2 is 1.07 bits per heavy atom. The number of nitrogens with zero attached hydrogens (tertiary/aromatic N) is 6. The maximum absolute atomic E-state index is 9.17. The molecular formula is C44H35N9S2. The first-order valence-electron chi connectivity index (χ1n) is 17.6. The summed E-state index contributed by atoms with van der Waals surface area (Å²) < 4.78 is 2.09. The molecule has 0 atom stereocenters. The maximum Gasteiger partial charge on any atom is 0.214 e. The van der Waals surface area contributed by atoms with Crippen LogP contribution in [0.1, 0.15) is 27.1 Å². The van der Waals surface area contributed by atoms with Crippen molar-refractivity contribution in [2.24, 2.45) is 0 Å². The van der Waals surface area contributed by atoms with E-state index in [1.165, 1.54) is 55.8 Å². The van der Waals surface area contributed by atoms with Gasteiger partial charge in [0.2, 0.25) is 5.82 Å². The minimum atomic E-state index is 0.594. The third-order valence-electron chi connectivity index (χ3n) is 9.37. The van der Waals surface area contributed by atoms with Crippen LogP contribution < -0.4 is 10.6 Å². The largest absolute Gasteiger partial charge is 0.353 e. The van der Waals surface area contributed by atoms with Crippen molar-refractivity contribution in [3.8, 4) is 39.0 Å². The number of nitriles is 1. The summed E-state index contributed by atoms with van der Waals surface area (Å²) in [5, 5.41) is 32.8. The maximum atomic E-state index is 9.17. The molecule has 3 N–H and O–H groups in total. The zero-order chi connectivity index (χ0) is 37.9. The molecule has 9 aromatic rings. The molecule has 0 bridgehead atoms. The average Bonchev–Trinajstić information content (AvgIpc) is 3.99. The molecule has 0 aliphatic heterocycles. The number of aryl methyl sites for hydroxylation is 4. The van der Waals surface area contributed by atoms with E-state index in [1.807, 2.05) is 43.0 Å². The predicted octanol–water partition coefficient (Wildman–Crippen LogP) is 11.7. The lowest BCUT2D eigenvalue weighted by atomic mass is 9.98. The highest BCUT2D eigenvalue weighted by atomic mass is 32.1. The van der Waals surface area contributed by atoms with Gasteiger partial charge in [-0.05, 0) is 114 Å². The van der Waals surface area contributed by atoms with Gasteiger partial charge in [0.15, 0.2) is 0 Å². The predicted molar refractivity (Wildman–Crippen MR) is 226 cm³/mol. The number of hydrogen-bond acceptors (Lipinski definition) is 10. The van der Waals surface area contributed by atoms with Crippen molar-refractivity contribution in [3.63, 3.8) is 0 Å². The van der Waals surface area contributed by atoms with Crippen LogP contribution in [0.5, 0.6) is 0 Å². The molecule has 9 nitrogen and oxygen atoms in total. The summed E-state index contributed by atoms with van der Waals surface area (Å²) in [6.07, 6.45) is 7.36. The standard InChI is InChI=1S/C22H18N6S.C22H17N3S/c1-13-8-16(15-6-4-3-5-7-15)9-14(2)21(13)24-18-11-23-12-20-17(18)10-19(29-20)22-25-27-28-26-22;1-14-8-17(16-6-4-3-5-7-16)9-15(2)22(14)25-20-12-24-13-21-19(20)10-18(11-23)26-21/h3-12,24H,1-2H3,(H,25,26,27,28);3-10,12-13,25H,1-2H3. The van der Waals surface area contributed by atoms with Crippen LogP contribution in [0.15, 0.2) is 122 Å². The Balaban J connectivity index is 0.000000156. The molecule has 268 valence electrons. The fraction of sp³-hybridized carbons (Fsp3) is 0.0909. The van der Waals surface area contributed by atoms with Crippen molar-refractivity contribution < 1.29 is 0 Å². The third-order valence-corrected chi connectivity index (χ3v) is 11.4. The number of fused-ring (bicyclic) bond motifs is 2. The van der Waals surface area contributed by atoms with E-state index in [9.17, 15) is 0 Å². The molecule has 0 unspecified atom stereocenters. The molecule has 0 spiro atoms. The number of anilines is 4. The Kier molecular flexibility index (Phi) is 9.83. The van der Waals surface area contributed by atoms with Gasteiger partial charge in [-0.15, -0.1) is 32.9 Å². The third kappa shape index (κ3) is 7.42. The van der Waals surface area contributed by atoms with Gasteiger partial charge in [0.25, 0.3) is 0 Å².